The Hall–Kier alpha value is -0.930. The highest BCUT2D eigenvalue weighted by Crippen LogP contribution is 2.32. The summed E-state index contributed by atoms with van der Waals surface area (Å²) in [5, 5.41) is 0. The third kappa shape index (κ3) is 2.19. The molecular weight excluding hydrogens is 186 g/mol. The molecule has 0 aliphatic heterocycles. The lowest BCUT2D eigenvalue weighted by molar-refractivity contribution is 0.342. The molecule has 2 rings (SSSR count). The predicted molar refractivity (Wildman–Crippen MR) is 61.8 cm³/mol. The number of hydrogen-bond donors (Lipinski definition) is 1. The van der Waals surface area contributed by atoms with Crippen LogP contribution in [0, 0.1) is 0 Å². The number of nitrogens with zero attached hydrogens (tertiary/aromatic N) is 2. The monoisotopic (exact) mass is 205 g/mol. The van der Waals surface area contributed by atoms with Gasteiger partial charge in [0.05, 0.1) is 0 Å². The standard InChI is InChI=1S/C12H19N3/c1-15(2)8-11(13)10-6-5-9-4-3-7-14-12(9)10/h3-4,7,10-11H,5-6,8,13H2,1-2H3. The lowest BCUT2D eigenvalue weighted by Gasteiger charge is -2.22. The maximum atomic E-state index is 6.21. The van der Waals surface area contributed by atoms with Crippen molar-refractivity contribution in [2.45, 2.75) is 24.8 Å². The average Bonchev–Trinajstić information content (AvgIpc) is 2.59. The van der Waals surface area contributed by atoms with Gasteiger partial charge in [-0.25, -0.2) is 0 Å². The Kier molecular flexibility index (Phi) is 3.03. The summed E-state index contributed by atoms with van der Waals surface area (Å²) in [5.41, 5.74) is 8.83. The molecule has 3 heteroatoms. The van der Waals surface area contributed by atoms with Crippen molar-refractivity contribution < 1.29 is 0 Å². The van der Waals surface area contributed by atoms with Crippen LogP contribution in [0.15, 0.2) is 18.3 Å². The molecule has 3 nitrogen and oxygen atoms in total. The molecular formula is C12H19N3. The van der Waals surface area contributed by atoms with E-state index in [1.807, 2.05) is 12.3 Å². The summed E-state index contributed by atoms with van der Waals surface area (Å²) in [6.07, 6.45) is 4.16. The number of fused-ring (bicyclic) bond motifs is 1. The van der Waals surface area contributed by atoms with Crippen LogP contribution in [0.4, 0.5) is 0 Å². The van der Waals surface area contributed by atoms with Crippen LogP contribution in [-0.2, 0) is 6.42 Å². The van der Waals surface area contributed by atoms with Gasteiger partial charge in [0.25, 0.3) is 0 Å². The minimum absolute atomic E-state index is 0.205. The first-order chi connectivity index (χ1) is 7.18. The van der Waals surface area contributed by atoms with E-state index in [9.17, 15) is 0 Å². The Bertz CT molecular complexity index is 335. The van der Waals surface area contributed by atoms with Crippen LogP contribution in [0.5, 0.6) is 0 Å². The quantitative estimate of drug-likeness (QED) is 0.800. The summed E-state index contributed by atoms with van der Waals surface area (Å²) < 4.78 is 0. The Morgan fingerprint density at radius 1 is 1.60 bits per heavy atom. The minimum atomic E-state index is 0.205. The number of pyridine rings is 1. The van der Waals surface area contributed by atoms with Gasteiger partial charge in [0.2, 0.25) is 0 Å². The van der Waals surface area contributed by atoms with Gasteiger partial charge in [0.1, 0.15) is 0 Å². The number of hydrogen-bond acceptors (Lipinski definition) is 3. The first-order valence-electron chi connectivity index (χ1n) is 5.52. The molecule has 1 aliphatic rings. The van der Waals surface area contributed by atoms with Gasteiger partial charge in [-0.15, -0.1) is 0 Å². The zero-order chi connectivity index (χ0) is 10.8. The predicted octanol–water partition coefficient (Wildman–Crippen LogP) is 1.00. The molecule has 0 bridgehead atoms. The van der Waals surface area contributed by atoms with E-state index < -0.39 is 0 Å². The Morgan fingerprint density at radius 3 is 3.13 bits per heavy atom. The van der Waals surface area contributed by atoms with E-state index in [4.69, 9.17) is 5.73 Å². The molecule has 15 heavy (non-hydrogen) atoms. The number of aryl methyl sites for hydroxylation is 1. The van der Waals surface area contributed by atoms with Crippen molar-refractivity contribution in [1.82, 2.24) is 9.88 Å². The molecule has 0 spiro atoms. The maximum Gasteiger partial charge on any atom is 0.0482 e. The molecule has 1 aromatic heterocycles. The second-order valence-corrected chi connectivity index (χ2v) is 4.62. The summed E-state index contributed by atoms with van der Waals surface area (Å²) in [6.45, 7) is 0.931. The van der Waals surface area contributed by atoms with Crippen LogP contribution < -0.4 is 5.73 Å². The Balaban J connectivity index is 2.13. The molecule has 2 atom stereocenters. The molecule has 0 saturated heterocycles. The summed E-state index contributed by atoms with van der Waals surface area (Å²) in [6, 6.07) is 4.39. The van der Waals surface area contributed by atoms with Crippen molar-refractivity contribution in [3.8, 4) is 0 Å². The third-order valence-corrected chi connectivity index (χ3v) is 3.09. The summed E-state index contributed by atoms with van der Waals surface area (Å²) in [5.74, 6) is 0.448. The SMILES string of the molecule is CN(C)CC(N)C1CCc2cccnc21. The summed E-state index contributed by atoms with van der Waals surface area (Å²) in [7, 11) is 4.13. The summed E-state index contributed by atoms with van der Waals surface area (Å²) >= 11 is 0. The minimum Gasteiger partial charge on any atom is -0.326 e. The fraction of sp³-hybridized carbons (Fsp3) is 0.583. The lowest BCUT2D eigenvalue weighted by atomic mass is 9.97. The molecule has 1 aliphatic carbocycles. The Labute approximate surface area is 91.3 Å². The topological polar surface area (TPSA) is 42.1 Å². The molecule has 0 aromatic carbocycles. The van der Waals surface area contributed by atoms with E-state index in [2.05, 4.69) is 30.0 Å². The lowest BCUT2D eigenvalue weighted by Crippen LogP contribution is -2.37. The van der Waals surface area contributed by atoms with E-state index in [0.29, 0.717) is 5.92 Å². The van der Waals surface area contributed by atoms with Gasteiger partial charge in [0.15, 0.2) is 0 Å². The molecule has 2 N–H and O–H groups in total. The first-order valence-corrected chi connectivity index (χ1v) is 5.52. The van der Waals surface area contributed by atoms with Gasteiger partial charge < -0.3 is 10.6 Å². The zero-order valence-electron chi connectivity index (χ0n) is 9.48. The van der Waals surface area contributed by atoms with Crippen LogP contribution >= 0.6 is 0 Å². The van der Waals surface area contributed by atoms with Crippen LogP contribution in [0.3, 0.4) is 0 Å². The summed E-state index contributed by atoms with van der Waals surface area (Å²) in [4.78, 5) is 6.61. The van der Waals surface area contributed by atoms with E-state index in [1.165, 1.54) is 11.3 Å². The van der Waals surface area contributed by atoms with Crippen LogP contribution in [-0.4, -0.2) is 36.6 Å². The van der Waals surface area contributed by atoms with Gasteiger partial charge >= 0.3 is 0 Å². The smallest absolute Gasteiger partial charge is 0.0482 e. The van der Waals surface area contributed by atoms with E-state index in [1.54, 1.807) is 0 Å². The van der Waals surface area contributed by atoms with E-state index in [-0.39, 0.29) is 6.04 Å². The number of rotatable bonds is 3. The van der Waals surface area contributed by atoms with Crippen molar-refractivity contribution in [3.05, 3.63) is 29.6 Å². The van der Waals surface area contributed by atoms with Crippen molar-refractivity contribution >= 4 is 0 Å². The van der Waals surface area contributed by atoms with Gasteiger partial charge in [-0.3, -0.25) is 4.98 Å². The fourth-order valence-corrected chi connectivity index (χ4v) is 2.41. The molecule has 0 radical (unpaired) electrons. The van der Waals surface area contributed by atoms with Gasteiger partial charge in [-0.1, -0.05) is 6.07 Å². The van der Waals surface area contributed by atoms with Gasteiger partial charge in [-0.05, 0) is 38.6 Å². The average molecular weight is 205 g/mol. The fourth-order valence-electron chi connectivity index (χ4n) is 2.41. The molecule has 82 valence electrons. The highest BCUT2D eigenvalue weighted by atomic mass is 15.1. The number of likely N-dealkylation sites (N-methyl/N-ethyl adjacent to an activating group) is 1. The molecule has 0 fully saturated rings. The second-order valence-electron chi connectivity index (χ2n) is 4.62. The third-order valence-electron chi connectivity index (χ3n) is 3.09. The molecule has 0 amide bonds. The van der Waals surface area contributed by atoms with Gasteiger partial charge in [0, 0.05) is 30.4 Å². The van der Waals surface area contributed by atoms with E-state index >= 15 is 0 Å². The first kappa shape index (κ1) is 10.6. The van der Waals surface area contributed by atoms with Crippen molar-refractivity contribution in [3.63, 3.8) is 0 Å². The normalized spacial score (nSPS) is 21.7. The van der Waals surface area contributed by atoms with Crippen molar-refractivity contribution in [2.24, 2.45) is 5.73 Å². The van der Waals surface area contributed by atoms with Crippen molar-refractivity contribution in [2.75, 3.05) is 20.6 Å². The second kappa shape index (κ2) is 4.29. The zero-order valence-corrected chi connectivity index (χ0v) is 9.48. The molecule has 1 aromatic rings. The molecule has 1 heterocycles. The highest BCUT2D eigenvalue weighted by Gasteiger charge is 2.28. The molecule has 0 saturated carbocycles. The maximum absolute atomic E-state index is 6.21. The van der Waals surface area contributed by atoms with Gasteiger partial charge in [-0.2, -0.15) is 0 Å². The molecule has 2 unspecified atom stereocenters. The number of aromatic nitrogens is 1. The van der Waals surface area contributed by atoms with Crippen LogP contribution in [0.1, 0.15) is 23.6 Å². The Morgan fingerprint density at radius 2 is 2.40 bits per heavy atom. The number of nitrogens with two attached hydrogens (primary N) is 1. The van der Waals surface area contributed by atoms with Crippen molar-refractivity contribution in [1.29, 1.82) is 0 Å². The van der Waals surface area contributed by atoms with E-state index in [0.717, 1.165) is 19.4 Å². The van der Waals surface area contributed by atoms with Crippen LogP contribution in [0.2, 0.25) is 0 Å². The highest BCUT2D eigenvalue weighted by molar-refractivity contribution is 5.29. The largest absolute Gasteiger partial charge is 0.326 e. The van der Waals surface area contributed by atoms with Crippen LogP contribution in [0.25, 0.3) is 0 Å².